The number of carboxylic acid groups (broad SMARTS) is 1. The van der Waals surface area contributed by atoms with Gasteiger partial charge in [-0.05, 0) is 12.1 Å². The normalized spacial score (nSPS) is 23.9. The number of aromatic nitrogens is 2. The molecule has 7 heteroatoms. The van der Waals surface area contributed by atoms with E-state index in [0.29, 0.717) is 11.3 Å². The zero-order valence-corrected chi connectivity index (χ0v) is 10.2. The van der Waals surface area contributed by atoms with Gasteiger partial charge in [0.25, 0.3) is 5.91 Å². The summed E-state index contributed by atoms with van der Waals surface area (Å²) in [6, 6.07) is 1.80. The van der Waals surface area contributed by atoms with Crippen LogP contribution in [0.4, 0.5) is 0 Å². The van der Waals surface area contributed by atoms with Crippen LogP contribution in [-0.2, 0) is 16.6 Å². The molecule has 0 spiro atoms. The molecule has 0 aliphatic carbocycles. The molecular formula is C11H9N3O3S. The van der Waals surface area contributed by atoms with Gasteiger partial charge in [0, 0.05) is 18.7 Å². The highest BCUT2D eigenvalue weighted by Crippen LogP contribution is 2.44. The van der Waals surface area contributed by atoms with Crippen molar-refractivity contribution in [2.75, 3.05) is 0 Å². The van der Waals surface area contributed by atoms with Gasteiger partial charge in [-0.25, -0.2) is 4.79 Å². The van der Waals surface area contributed by atoms with E-state index in [1.807, 2.05) is 0 Å². The second-order valence-electron chi connectivity index (χ2n) is 3.99. The lowest BCUT2D eigenvalue weighted by atomic mass is 10.0. The van der Waals surface area contributed by atoms with Crippen molar-refractivity contribution in [3.05, 3.63) is 34.6 Å². The molecule has 6 nitrogen and oxygen atoms in total. The molecular weight excluding hydrogens is 254 g/mol. The summed E-state index contributed by atoms with van der Waals surface area (Å²) < 4.78 is 1.65. The number of aliphatic carboxylic acids is 1. The van der Waals surface area contributed by atoms with Crippen LogP contribution in [0.1, 0.15) is 5.69 Å². The zero-order chi connectivity index (χ0) is 12.9. The van der Waals surface area contributed by atoms with Crippen molar-refractivity contribution in [1.82, 2.24) is 14.7 Å². The quantitative estimate of drug-likeness (QED) is 0.626. The fraction of sp³-hybridized carbons (Fsp3) is 0.182. The summed E-state index contributed by atoms with van der Waals surface area (Å²) in [7, 11) is 1.80. The molecule has 1 aromatic heterocycles. The van der Waals surface area contributed by atoms with Crippen LogP contribution >= 0.6 is 11.8 Å². The van der Waals surface area contributed by atoms with E-state index in [-0.39, 0.29) is 17.0 Å². The average Bonchev–Trinajstić information content (AvgIpc) is 2.89. The third-order valence-corrected chi connectivity index (χ3v) is 3.87. The Morgan fingerprint density at radius 3 is 3.00 bits per heavy atom. The fourth-order valence-electron chi connectivity index (χ4n) is 1.94. The lowest BCUT2D eigenvalue weighted by Gasteiger charge is -2.36. The van der Waals surface area contributed by atoms with E-state index in [2.05, 4.69) is 5.10 Å². The third-order valence-electron chi connectivity index (χ3n) is 2.79. The number of aryl methyl sites for hydroxylation is 1. The molecule has 0 saturated carbocycles. The van der Waals surface area contributed by atoms with E-state index in [9.17, 15) is 9.59 Å². The number of hydrogen-bond donors (Lipinski definition) is 1. The number of carbonyl (C=O) groups excluding carboxylic acids is 1. The molecule has 3 rings (SSSR count). The first-order chi connectivity index (χ1) is 8.58. The predicted molar refractivity (Wildman–Crippen MR) is 65.1 cm³/mol. The van der Waals surface area contributed by atoms with Crippen molar-refractivity contribution in [3.63, 3.8) is 0 Å². The van der Waals surface area contributed by atoms with Gasteiger partial charge in [-0.15, -0.1) is 11.8 Å². The van der Waals surface area contributed by atoms with Crippen LogP contribution in [0.5, 0.6) is 0 Å². The Bertz CT molecular complexity index is 617. The van der Waals surface area contributed by atoms with Gasteiger partial charge in [-0.3, -0.25) is 14.4 Å². The Labute approximate surface area is 107 Å². The van der Waals surface area contributed by atoms with Crippen LogP contribution in [0.15, 0.2) is 28.9 Å². The molecule has 1 saturated heterocycles. The number of amides is 1. The van der Waals surface area contributed by atoms with Gasteiger partial charge >= 0.3 is 5.97 Å². The maximum atomic E-state index is 11.9. The number of nitrogens with zero attached hydrogens (tertiary/aromatic N) is 3. The van der Waals surface area contributed by atoms with Crippen LogP contribution in [0, 0.1) is 0 Å². The van der Waals surface area contributed by atoms with E-state index in [1.165, 1.54) is 22.1 Å². The molecule has 92 valence electrons. The molecule has 1 atom stereocenters. The summed E-state index contributed by atoms with van der Waals surface area (Å²) in [6.07, 6.45) is 3.49. The maximum Gasteiger partial charge on any atom is 0.353 e. The molecule has 2 aliphatic heterocycles. The smallest absolute Gasteiger partial charge is 0.353 e. The van der Waals surface area contributed by atoms with E-state index >= 15 is 0 Å². The Kier molecular flexibility index (Phi) is 2.30. The fourth-order valence-corrected chi connectivity index (χ4v) is 3.05. The van der Waals surface area contributed by atoms with Crippen LogP contribution in [-0.4, -0.2) is 37.0 Å². The minimum absolute atomic E-state index is 0.0492. The summed E-state index contributed by atoms with van der Waals surface area (Å²) in [5.41, 5.74) is 1.34. The van der Waals surface area contributed by atoms with Gasteiger partial charge in [0.15, 0.2) is 0 Å². The van der Waals surface area contributed by atoms with Crippen LogP contribution in [0.3, 0.4) is 0 Å². The third kappa shape index (κ3) is 1.47. The highest BCUT2D eigenvalue weighted by atomic mass is 32.2. The largest absolute Gasteiger partial charge is 0.477 e. The van der Waals surface area contributed by atoms with Crippen LogP contribution < -0.4 is 0 Å². The molecule has 0 radical (unpaired) electrons. The van der Waals surface area contributed by atoms with Crippen molar-refractivity contribution in [2.45, 2.75) is 5.37 Å². The maximum absolute atomic E-state index is 11.9. The summed E-state index contributed by atoms with van der Waals surface area (Å²) >= 11 is 1.33. The predicted octanol–water partition coefficient (Wildman–Crippen LogP) is 0.645. The zero-order valence-electron chi connectivity index (χ0n) is 9.40. The molecule has 18 heavy (non-hydrogen) atoms. The molecule has 0 bridgehead atoms. The molecule has 0 unspecified atom stereocenters. The monoisotopic (exact) mass is 263 g/mol. The van der Waals surface area contributed by atoms with Crippen LogP contribution in [0.2, 0.25) is 0 Å². The lowest BCUT2D eigenvalue weighted by Crippen LogP contribution is -2.51. The standard InChI is InChI=1S/C11H9N3O3S/c1-13-3-2-6(12-13)4-7-9(15)14-8(11(16)17)5-18-10(7)14/h2-5,10H,1H3,(H,16,17)/t10-/m1/s1. The van der Waals surface area contributed by atoms with Gasteiger partial charge in [0.1, 0.15) is 11.1 Å². The van der Waals surface area contributed by atoms with Crippen molar-refractivity contribution < 1.29 is 14.7 Å². The number of carbonyl (C=O) groups is 2. The number of fused-ring (bicyclic) bond motifs is 1. The second-order valence-corrected chi connectivity index (χ2v) is 4.94. The first-order valence-corrected chi connectivity index (χ1v) is 6.16. The Hall–Kier alpha value is -2.02. The molecule has 2 aliphatic rings. The Morgan fingerprint density at radius 2 is 2.39 bits per heavy atom. The molecule has 1 fully saturated rings. The molecule has 3 heterocycles. The second kappa shape index (κ2) is 3.74. The molecule has 0 aromatic carbocycles. The van der Waals surface area contributed by atoms with Gasteiger partial charge < -0.3 is 5.11 Å². The molecule has 1 amide bonds. The highest BCUT2D eigenvalue weighted by molar-refractivity contribution is 8.03. The minimum Gasteiger partial charge on any atom is -0.477 e. The van der Waals surface area contributed by atoms with Crippen molar-refractivity contribution in [2.24, 2.45) is 7.05 Å². The Morgan fingerprint density at radius 1 is 1.61 bits per heavy atom. The summed E-state index contributed by atoms with van der Waals surface area (Å²) in [5.74, 6) is -1.33. The summed E-state index contributed by atoms with van der Waals surface area (Å²) in [4.78, 5) is 24.1. The SMILES string of the molecule is Cn1ccc(C=C2C(=O)N3C(C(=O)O)=CS[C@H]23)n1. The number of rotatable bonds is 2. The van der Waals surface area contributed by atoms with Gasteiger partial charge in [-0.2, -0.15) is 5.10 Å². The highest BCUT2D eigenvalue weighted by Gasteiger charge is 2.49. The first kappa shape index (κ1) is 11.1. The summed E-state index contributed by atoms with van der Waals surface area (Å²) in [5, 5.41) is 14.4. The molecule has 1 N–H and O–H groups in total. The van der Waals surface area contributed by atoms with Crippen LogP contribution in [0.25, 0.3) is 6.08 Å². The number of β-lactam (4-membered cyclic amide) rings is 1. The summed E-state index contributed by atoms with van der Waals surface area (Å²) in [6.45, 7) is 0. The average molecular weight is 263 g/mol. The van der Waals surface area contributed by atoms with Crippen molar-refractivity contribution in [1.29, 1.82) is 0 Å². The van der Waals surface area contributed by atoms with E-state index < -0.39 is 5.97 Å². The van der Waals surface area contributed by atoms with Crippen molar-refractivity contribution in [3.8, 4) is 0 Å². The van der Waals surface area contributed by atoms with Gasteiger partial charge in [0.05, 0.1) is 11.3 Å². The molecule has 1 aromatic rings. The lowest BCUT2D eigenvalue weighted by molar-refractivity contribution is -0.141. The van der Waals surface area contributed by atoms with E-state index in [0.717, 1.165) is 0 Å². The van der Waals surface area contributed by atoms with Crippen molar-refractivity contribution >= 4 is 29.7 Å². The topological polar surface area (TPSA) is 75.4 Å². The number of carboxylic acids is 1. The minimum atomic E-state index is -1.07. The number of hydrogen-bond acceptors (Lipinski definition) is 4. The van der Waals surface area contributed by atoms with Gasteiger partial charge in [-0.1, -0.05) is 0 Å². The Balaban J connectivity index is 1.86. The van der Waals surface area contributed by atoms with Gasteiger partial charge in [0.2, 0.25) is 0 Å². The number of thioether (sulfide) groups is 1. The van der Waals surface area contributed by atoms with E-state index in [4.69, 9.17) is 5.11 Å². The van der Waals surface area contributed by atoms with E-state index in [1.54, 1.807) is 30.1 Å². The first-order valence-electron chi connectivity index (χ1n) is 5.21.